The molecule has 3 unspecified atom stereocenters. The van der Waals surface area contributed by atoms with Gasteiger partial charge in [0, 0.05) is 6.54 Å². The number of likely N-dealkylation sites (tertiary alicyclic amines) is 1. The van der Waals surface area contributed by atoms with E-state index in [9.17, 15) is 32.4 Å². The maximum Gasteiger partial charge on any atom is 0.315 e. The van der Waals surface area contributed by atoms with E-state index in [4.69, 9.17) is 5.73 Å². The quantitative estimate of drug-likeness (QED) is 0.241. The Morgan fingerprint density at radius 1 is 0.872 bits per heavy atom. The standard InChI is InChI=1S/C34H59N5O7S/c1-31(2,3)22-15-18-39(24(22)28(42)36-23(19-21-13-14-21)25(40)27(35)41)29(43)26(32(4,5)6)37-30(44)38-34(16-11-10-12-17-34)20-47(45,46)33(7,8)9/h21-24,26H,10-20H2,1-9H3,(H2,35,41)(H,36,42)(H2,37,38,44)/t22?,23?,24-,26?/m0/s1. The predicted octanol–water partition coefficient (Wildman–Crippen LogP) is 3.22. The van der Waals surface area contributed by atoms with Gasteiger partial charge in [-0.15, -0.1) is 0 Å². The maximum atomic E-state index is 14.4. The van der Waals surface area contributed by atoms with Crippen molar-refractivity contribution in [3.8, 4) is 0 Å². The predicted molar refractivity (Wildman–Crippen MR) is 181 cm³/mol. The zero-order valence-corrected chi connectivity index (χ0v) is 30.8. The number of amides is 5. The van der Waals surface area contributed by atoms with Gasteiger partial charge in [-0.2, -0.15) is 0 Å². The topological polar surface area (TPSA) is 185 Å². The van der Waals surface area contributed by atoms with Gasteiger partial charge in [0.05, 0.1) is 22.1 Å². The third-order valence-electron chi connectivity index (χ3n) is 10.2. The summed E-state index contributed by atoms with van der Waals surface area (Å²) in [6, 6.07) is -3.69. The number of carbonyl (C=O) groups is 5. The normalized spacial score (nSPS) is 23.4. The minimum absolute atomic E-state index is 0.196. The number of nitrogens with zero attached hydrogens (tertiary/aromatic N) is 1. The number of urea groups is 1. The van der Waals surface area contributed by atoms with E-state index in [0.29, 0.717) is 25.7 Å². The van der Waals surface area contributed by atoms with Crippen LogP contribution in [-0.2, 0) is 29.0 Å². The van der Waals surface area contributed by atoms with Crippen LogP contribution in [0.3, 0.4) is 0 Å². The number of hydrogen-bond donors (Lipinski definition) is 4. The lowest BCUT2D eigenvalue weighted by atomic mass is 9.75. The summed E-state index contributed by atoms with van der Waals surface area (Å²) in [5, 5.41) is 8.63. The van der Waals surface area contributed by atoms with Gasteiger partial charge in [-0.1, -0.05) is 73.6 Å². The van der Waals surface area contributed by atoms with Crippen molar-refractivity contribution in [2.24, 2.45) is 28.4 Å². The highest BCUT2D eigenvalue weighted by Crippen LogP contribution is 2.40. The van der Waals surface area contributed by atoms with Crippen LogP contribution in [0.25, 0.3) is 0 Å². The summed E-state index contributed by atoms with van der Waals surface area (Å²) in [5.41, 5.74) is 3.20. The number of Topliss-reactive ketones (excluding diaryl/α,β-unsaturated/α-hetero) is 1. The highest BCUT2D eigenvalue weighted by Gasteiger charge is 2.51. The Morgan fingerprint density at radius 2 is 1.45 bits per heavy atom. The van der Waals surface area contributed by atoms with Crippen molar-refractivity contribution in [2.75, 3.05) is 12.3 Å². The average molecular weight is 682 g/mol. The number of hydrogen-bond acceptors (Lipinski definition) is 7. The van der Waals surface area contributed by atoms with Gasteiger partial charge in [-0.25, -0.2) is 13.2 Å². The van der Waals surface area contributed by atoms with Gasteiger partial charge < -0.3 is 26.6 Å². The van der Waals surface area contributed by atoms with E-state index >= 15 is 0 Å². The zero-order chi connectivity index (χ0) is 35.8. The molecule has 0 spiro atoms. The van der Waals surface area contributed by atoms with Gasteiger partial charge >= 0.3 is 6.03 Å². The molecule has 0 bridgehead atoms. The molecule has 3 rings (SSSR count). The van der Waals surface area contributed by atoms with Gasteiger partial charge in [0.2, 0.25) is 17.6 Å². The smallest absolute Gasteiger partial charge is 0.315 e. The molecule has 13 heteroatoms. The van der Waals surface area contributed by atoms with E-state index in [-0.39, 0.29) is 29.5 Å². The first-order valence-corrected chi connectivity index (χ1v) is 18.8. The van der Waals surface area contributed by atoms with E-state index in [1.165, 1.54) is 4.90 Å². The summed E-state index contributed by atoms with van der Waals surface area (Å²) < 4.78 is 25.6. The number of ketones is 1. The highest BCUT2D eigenvalue weighted by atomic mass is 32.2. The minimum Gasteiger partial charge on any atom is -0.363 e. The molecular formula is C34H59N5O7S. The molecule has 0 aromatic heterocycles. The molecule has 3 aliphatic rings. The van der Waals surface area contributed by atoms with Gasteiger partial charge in [0.1, 0.15) is 12.1 Å². The van der Waals surface area contributed by atoms with E-state index in [0.717, 1.165) is 32.1 Å². The summed E-state index contributed by atoms with van der Waals surface area (Å²) in [5.74, 6) is -3.18. The van der Waals surface area contributed by atoms with Crippen LogP contribution < -0.4 is 21.7 Å². The molecular weight excluding hydrogens is 622 g/mol. The second kappa shape index (κ2) is 14.0. The SMILES string of the molecule is CC(C)(C)C(NC(=O)NC1(CS(=O)(=O)C(C)(C)C)CCCCC1)C(=O)N1CCC(C(C)(C)C)[C@H]1C(=O)NC(CC1CC1)C(=O)C(N)=O. The Balaban J connectivity index is 1.89. The Bertz CT molecular complexity index is 1320. The zero-order valence-electron chi connectivity index (χ0n) is 30.0. The summed E-state index contributed by atoms with van der Waals surface area (Å²) in [7, 11) is -3.57. The summed E-state index contributed by atoms with van der Waals surface area (Å²) in [6.07, 6.45) is 6.18. The van der Waals surface area contributed by atoms with Crippen molar-refractivity contribution >= 4 is 39.4 Å². The number of rotatable bonds is 11. The molecule has 12 nitrogen and oxygen atoms in total. The second-order valence-corrected chi connectivity index (χ2v) is 20.1. The fourth-order valence-electron chi connectivity index (χ4n) is 6.95. The largest absolute Gasteiger partial charge is 0.363 e. The van der Waals surface area contributed by atoms with Gasteiger partial charge in [-0.05, 0) is 69.1 Å². The Hall–Kier alpha value is -2.70. The summed E-state index contributed by atoms with van der Waals surface area (Å²) in [4.78, 5) is 68.1. The molecule has 2 saturated carbocycles. The van der Waals surface area contributed by atoms with Crippen LogP contribution in [0.4, 0.5) is 4.79 Å². The number of primary amides is 1. The lowest BCUT2D eigenvalue weighted by molar-refractivity contribution is -0.145. The van der Waals surface area contributed by atoms with Crippen molar-refractivity contribution in [1.82, 2.24) is 20.9 Å². The molecule has 5 N–H and O–H groups in total. The molecule has 3 fully saturated rings. The van der Waals surface area contributed by atoms with E-state index in [1.807, 2.05) is 41.5 Å². The van der Waals surface area contributed by atoms with Gasteiger partial charge in [0.15, 0.2) is 9.84 Å². The first kappa shape index (κ1) is 38.7. The first-order chi connectivity index (χ1) is 21.4. The molecule has 0 aromatic rings. The maximum absolute atomic E-state index is 14.4. The molecule has 47 heavy (non-hydrogen) atoms. The number of nitrogens with two attached hydrogens (primary N) is 1. The van der Waals surface area contributed by atoms with Crippen LogP contribution in [0.2, 0.25) is 0 Å². The third kappa shape index (κ3) is 9.69. The molecule has 2 aliphatic carbocycles. The lowest BCUT2D eigenvalue weighted by Gasteiger charge is -2.41. The molecule has 1 heterocycles. The Kier molecular flexibility index (Phi) is 11.6. The Labute approximate surface area is 281 Å². The van der Waals surface area contributed by atoms with Crippen LogP contribution >= 0.6 is 0 Å². The molecule has 0 aromatic carbocycles. The summed E-state index contributed by atoms with van der Waals surface area (Å²) in [6.45, 7) is 16.6. The number of carbonyl (C=O) groups excluding carboxylic acids is 5. The van der Waals surface area contributed by atoms with Crippen LogP contribution in [0.1, 0.15) is 120 Å². The second-order valence-electron chi connectivity index (χ2n) is 17.3. The fourth-order valence-corrected chi connectivity index (χ4v) is 8.48. The van der Waals surface area contributed by atoms with E-state index < -0.39 is 73.2 Å². The van der Waals surface area contributed by atoms with Crippen molar-refractivity contribution in [3.63, 3.8) is 0 Å². The molecule has 4 atom stereocenters. The van der Waals surface area contributed by atoms with Crippen LogP contribution in [0.15, 0.2) is 0 Å². The number of nitrogens with one attached hydrogen (secondary N) is 3. The Morgan fingerprint density at radius 3 is 1.91 bits per heavy atom. The molecule has 1 aliphatic heterocycles. The van der Waals surface area contributed by atoms with Crippen molar-refractivity contribution in [3.05, 3.63) is 0 Å². The average Bonchev–Trinajstić information content (AvgIpc) is 3.61. The lowest BCUT2D eigenvalue weighted by Crippen LogP contribution is -2.64. The summed E-state index contributed by atoms with van der Waals surface area (Å²) >= 11 is 0. The molecule has 1 saturated heterocycles. The fraction of sp³-hybridized carbons (Fsp3) is 0.853. The van der Waals surface area contributed by atoms with Crippen LogP contribution in [0.5, 0.6) is 0 Å². The van der Waals surface area contributed by atoms with Crippen molar-refractivity contribution in [2.45, 2.75) is 149 Å². The van der Waals surface area contributed by atoms with E-state index in [2.05, 4.69) is 16.0 Å². The minimum atomic E-state index is -3.57. The third-order valence-corrected chi connectivity index (χ3v) is 13.0. The van der Waals surface area contributed by atoms with E-state index in [1.54, 1.807) is 20.8 Å². The first-order valence-electron chi connectivity index (χ1n) is 17.1. The van der Waals surface area contributed by atoms with Crippen LogP contribution in [-0.4, -0.2) is 83.6 Å². The van der Waals surface area contributed by atoms with Gasteiger partial charge in [0.25, 0.3) is 5.91 Å². The molecule has 5 amide bonds. The van der Waals surface area contributed by atoms with Gasteiger partial charge in [-0.3, -0.25) is 19.2 Å². The number of sulfone groups is 1. The molecule has 0 radical (unpaired) electrons. The monoisotopic (exact) mass is 681 g/mol. The van der Waals surface area contributed by atoms with Crippen LogP contribution in [0, 0.1) is 22.7 Å². The molecule has 268 valence electrons. The highest BCUT2D eigenvalue weighted by molar-refractivity contribution is 7.92. The van der Waals surface area contributed by atoms with Crippen molar-refractivity contribution < 1.29 is 32.4 Å². The van der Waals surface area contributed by atoms with Crippen molar-refractivity contribution in [1.29, 1.82) is 0 Å².